The van der Waals surface area contributed by atoms with Gasteiger partial charge in [0, 0.05) is 13.1 Å². The SMILES string of the molecule is CS(=O)(=O)NC1CN(C(=O)COc2ccccc2)CC2(CCCC2)NC1=O. The molecule has 1 aliphatic carbocycles. The molecule has 1 atom stereocenters. The molecule has 2 fully saturated rings. The van der Waals surface area contributed by atoms with Crippen LogP contribution < -0.4 is 14.8 Å². The smallest absolute Gasteiger partial charge is 0.260 e. The van der Waals surface area contributed by atoms with E-state index in [9.17, 15) is 18.0 Å². The zero-order valence-corrected chi connectivity index (χ0v) is 16.1. The van der Waals surface area contributed by atoms with Crippen molar-refractivity contribution in [1.82, 2.24) is 14.9 Å². The largest absolute Gasteiger partial charge is 0.484 e. The number of hydrogen-bond acceptors (Lipinski definition) is 5. The highest BCUT2D eigenvalue weighted by molar-refractivity contribution is 7.88. The molecule has 0 radical (unpaired) electrons. The number of rotatable bonds is 5. The lowest BCUT2D eigenvalue weighted by Gasteiger charge is -2.32. The first kappa shape index (κ1) is 19.6. The molecule has 2 aliphatic rings. The minimum absolute atomic E-state index is 0.0162. The fourth-order valence-electron chi connectivity index (χ4n) is 3.75. The van der Waals surface area contributed by atoms with Crippen molar-refractivity contribution in [3.8, 4) is 5.75 Å². The topological polar surface area (TPSA) is 105 Å². The molecule has 1 aliphatic heterocycles. The molecule has 1 saturated carbocycles. The van der Waals surface area contributed by atoms with Crippen LogP contribution >= 0.6 is 0 Å². The molecule has 148 valence electrons. The van der Waals surface area contributed by atoms with Gasteiger partial charge in [0.05, 0.1) is 11.8 Å². The summed E-state index contributed by atoms with van der Waals surface area (Å²) < 4.78 is 31.2. The minimum Gasteiger partial charge on any atom is -0.484 e. The van der Waals surface area contributed by atoms with E-state index in [0.717, 1.165) is 31.9 Å². The van der Waals surface area contributed by atoms with Crippen LogP contribution in [0.2, 0.25) is 0 Å². The summed E-state index contributed by atoms with van der Waals surface area (Å²) in [7, 11) is -3.59. The third kappa shape index (κ3) is 5.20. The van der Waals surface area contributed by atoms with Crippen molar-refractivity contribution in [2.45, 2.75) is 37.3 Å². The number of para-hydroxylation sites is 1. The highest BCUT2D eigenvalue weighted by atomic mass is 32.2. The second kappa shape index (κ2) is 7.85. The average Bonchev–Trinajstić information content (AvgIpc) is 3.00. The fourth-order valence-corrected chi connectivity index (χ4v) is 4.45. The Kier molecular flexibility index (Phi) is 5.71. The molecule has 27 heavy (non-hydrogen) atoms. The fraction of sp³-hybridized carbons (Fsp3) is 0.556. The summed E-state index contributed by atoms with van der Waals surface area (Å²) in [6.45, 7) is 0.176. The predicted molar refractivity (Wildman–Crippen MR) is 99.6 cm³/mol. The highest BCUT2D eigenvalue weighted by Crippen LogP contribution is 2.32. The van der Waals surface area contributed by atoms with Crippen molar-refractivity contribution in [3.05, 3.63) is 30.3 Å². The van der Waals surface area contributed by atoms with E-state index in [1.807, 2.05) is 18.2 Å². The number of hydrogen-bond donors (Lipinski definition) is 2. The maximum absolute atomic E-state index is 12.8. The second-order valence-corrected chi connectivity index (χ2v) is 9.08. The van der Waals surface area contributed by atoms with Crippen molar-refractivity contribution in [2.24, 2.45) is 0 Å². The van der Waals surface area contributed by atoms with E-state index >= 15 is 0 Å². The van der Waals surface area contributed by atoms with Gasteiger partial charge in [0.15, 0.2) is 6.61 Å². The normalized spacial score (nSPS) is 22.3. The van der Waals surface area contributed by atoms with Gasteiger partial charge in [0.1, 0.15) is 11.8 Å². The molecule has 1 aromatic carbocycles. The summed E-state index contributed by atoms with van der Waals surface area (Å²) in [4.78, 5) is 26.9. The van der Waals surface area contributed by atoms with Crippen LogP contribution in [-0.2, 0) is 19.6 Å². The Morgan fingerprint density at radius 1 is 1.30 bits per heavy atom. The van der Waals surface area contributed by atoms with E-state index in [1.165, 1.54) is 4.90 Å². The van der Waals surface area contributed by atoms with Gasteiger partial charge in [-0.2, -0.15) is 0 Å². The van der Waals surface area contributed by atoms with E-state index in [2.05, 4.69) is 10.0 Å². The van der Waals surface area contributed by atoms with E-state index in [4.69, 9.17) is 4.74 Å². The van der Waals surface area contributed by atoms with Crippen molar-refractivity contribution < 1.29 is 22.7 Å². The number of amides is 2. The molecule has 8 nitrogen and oxygen atoms in total. The second-order valence-electron chi connectivity index (χ2n) is 7.30. The maximum atomic E-state index is 12.8. The number of nitrogens with zero attached hydrogens (tertiary/aromatic N) is 1. The molecule has 1 heterocycles. The number of ether oxygens (including phenoxy) is 1. The Bertz CT molecular complexity index is 790. The van der Waals surface area contributed by atoms with Crippen LogP contribution in [0.3, 0.4) is 0 Å². The molecule has 9 heteroatoms. The van der Waals surface area contributed by atoms with Gasteiger partial charge >= 0.3 is 0 Å². The monoisotopic (exact) mass is 395 g/mol. The van der Waals surface area contributed by atoms with Crippen molar-refractivity contribution in [3.63, 3.8) is 0 Å². The van der Waals surface area contributed by atoms with Crippen LogP contribution in [0.15, 0.2) is 30.3 Å². The molecule has 2 N–H and O–H groups in total. The van der Waals surface area contributed by atoms with E-state index < -0.39 is 21.6 Å². The Morgan fingerprint density at radius 3 is 2.59 bits per heavy atom. The van der Waals surface area contributed by atoms with Gasteiger partial charge in [-0.3, -0.25) is 9.59 Å². The molecular formula is C18H25N3O5S. The van der Waals surface area contributed by atoms with E-state index in [1.54, 1.807) is 12.1 Å². The van der Waals surface area contributed by atoms with E-state index in [0.29, 0.717) is 12.3 Å². The summed E-state index contributed by atoms with van der Waals surface area (Å²) in [6.07, 6.45) is 4.47. The molecule has 0 bridgehead atoms. The lowest BCUT2D eigenvalue weighted by molar-refractivity contribution is -0.134. The third-order valence-corrected chi connectivity index (χ3v) is 5.69. The third-order valence-electron chi connectivity index (χ3n) is 4.98. The first-order valence-electron chi connectivity index (χ1n) is 9.01. The Morgan fingerprint density at radius 2 is 1.96 bits per heavy atom. The molecule has 2 amide bonds. The van der Waals surface area contributed by atoms with Gasteiger partial charge in [-0.15, -0.1) is 0 Å². The van der Waals surface area contributed by atoms with Crippen LogP contribution in [0.25, 0.3) is 0 Å². The first-order chi connectivity index (χ1) is 12.8. The van der Waals surface area contributed by atoms with Crippen LogP contribution in [-0.4, -0.2) is 62.7 Å². The Labute approximate surface area is 159 Å². The van der Waals surface area contributed by atoms with Gasteiger partial charge in [0.2, 0.25) is 15.9 Å². The lowest BCUT2D eigenvalue weighted by atomic mass is 9.97. The van der Waals surface area contributed by atoms with Crippen LogP contribution in [0, 0.1) is 0 Å². The van der Waals surface area contributed by atoms with E-state index in [-0.39, 0.29) is 25.0 Å². The molecule has 1 saturated heterocycles. The van der Waals surface area contributed by atoms with Crippen LogP contribution in [0.4, 0.5) is 0 Å². The molecule has 0 aromatic heterocycles. The number of nitrogens with one attached hydrogen (secondary N) is 2. The highest BCUT2D eigenvalue weighted by Gasteiger charge is 2.43. The van der Waals surface area contributed by atoms with Gasteiger partial charge in [-0.05, 0) is 25.0 Å². The zero-order chi connectivity index (χ0) is 19.5. The van der Waals surface area contributed by atoms with Gasteiger partial charge in [0.25, 0.3) is 5.91 Å². The minimum atomic E-state index is -3.59. The molecule has 3 rings (SSSR count). The van der Waals surface area contributed by atoms with Crippen molar-refractivity contribution in [2.75, 3.05) is 26.0 Å². The maximum Gasteiger partial charge on any atom is 0.260 e. The van der Waals surface area contributed by atoms with Crippen LogP contribution in [0.5, 0.6) is 5.75 Å². The number of carbonyl (C=O) groups excluding carboxylic acids is 2. The quantitative estimate of drug-likeness (QED) is 0.744. The van der Waals surface area contributed by atoms with Crippen molar-refractivity contribution >= 4 is 21.8 Å². The van der Waals surface area contributed by atoms with Crippen LogP contribution in [0.1, 0.15) is 25.7 Å². The summed E-state index contributed by atoms with van der Waals surface area (Å²) in [5.74, 6) is -0.0835. The summed E-state index contributed by atoms with van der Waals surface area (Å²) in [5.41, 5.74) is -0.493. The predicted octanol–water partition coefficient (Wildman–Crippen LogP) is 0.254. The Hall–Kier alpha value is -2.13. The first-order valence-corrected chi connectivity index (χ1v) is 10.9. The standard InChI is InChI=1S/C18H25N3O5S/c1-27(24,25)20-15-11-21(13-18(19-17(15)23)9-5-6-10-18)16(22)12-26-14-7-3-2-4-8-14/h2-4,7-8,15,20H,5-6,9-13H2,1H3,(H,19,23). The van der Waals surface area contributed by atoms with Crippen molar-refractivity contribution in [1.29, 1.82) is 0 Å². The number of benzene rings is 1. The molecular weight excluding hydrogens is 370 g/mol. The summed E-state index contributed by atoms with van der Waals surface area (Å²) >= 11 is 0. The van der Waals surface area contributed by atoms with Gasteiger partial charge in [-0.25, -0.2) is 13.1 Å². The molecule has 1 spiro atoms. The zero-order valence-electron chi connectivity index (χ0n) is 15.3. The lowest BCUT2D eigenvalue weighted by Crippen LogP contribution is -2.54. The molecule has 1 unspecified atom stereocenters. The number of sulfonamides is 1. The van der Waals surface area contributed by atoms with Gasteiger partial charge in [-0.1, -0.05) is 31.0 Å². The summed E-state index contributed by atoms with van der Waals surface area (Å²) in [6, 6.07) is 7.98. The average molecular weight is 395 g/mol. The Balaban J connectivity index is 1.75. The number of carbonyl (C=O) groups is 2. The molecule has 1 aromatic rings. The summed E-state index contributed by atoms with van der Waals surface area (Å²) in [5, 5.41) is 2.98. The van der Waals surface area contributed by atoms with Gasteiger partial charge < -0.3 is 15.0 Å².